The highest BCUT2D eigenvalue weighted by Gasteiger charge is 2.34. The van der Waals surface area contributed by atoms with Crippen LogP contribution in [0.5, 0.6) is 0 Å². The lowest BCUT2D eigenvalue weighted by Gasteiger charge is -2.33. The predicted octanol–water partition coefficient (Wildman–Crippen LogP) is 4.19. The number of carbonyl (C=O) groups is 2. The lowest BCUT2D eigenvalue weighted by atomic mass is 10.1. The number of carbonyl (C=O) groups excluding carboxylic acids is 2. The SMILES string of the molecule is CC[C@H](C(=O)NCC(C)C)N(Cc1ccc(F)cc1)C(=O)CN(c1cccc(C(F)(F)F)c1)S(C)(=O)=O. The molecule has 0 fully saturated rings. The van der Waals surface area contributed by atoms with Gasteiger partial charge in [0.15, 0.2) is 0 Å². The predicted molar refractivity (Wildman–Crippen MR) is 133 cm³/mol. The van der Waals surface area contributed by atoms with Crippen molar-refractivity contribution >= 4 is 27.5 Å². The van der Waals surface area contributed by atoms with Crippen molar-refractivity contribution in [2.45, 2.75) is 46.0 Å². The Morgan fingerprint density at radius 3 is 2.19 bits per heavy atom. The Morgan fingerprint density at radius 1 is 1.05 bits per heavy atom. The van der Waals surface area contributed by atoms with Gasteiger partial charge in [-0.1, -0.05) is 39.0 Å². The van der Waals surface area contributed by atoms with Gasteiger partial charge in [0.1, 0.15) is 18.4 Å². The van der Waals surface area contributed by atoms with Crippen LogP contribution in [-0.4, -0.2) is 50.5 Å². The van der Waals surface area contributed by atoms with Crippen molar-refractivity contribution in [2.75, 3.05) is 23.7 Å². The number of anilines is 1. The highest BCUT2D eigenvalue weighted by atomic mass is 32.2. The summed E-state index contributed by atoms with van der Waals surface area (Å²) >= 11 is 0. The van der Waals surface area contributed by atoms with Gasteiger partial charge in [-0.25, -0.2) is 12.8 Å². The van der Waals surface area contributed by atoms with Gasteiger partial charge >= 0.3 is 6.18 Å². The molecule has 1 N–H and O–H groups in total. The highest BCUT2D eigenvalue weighted by molar-refractivity contribution is 7.92. The first-order chi connectivity index (χ1) is 17.1. The molecule has 1 atom stereocenters. The molecule has 0 bridgehead atoms. The molecule has 12 heteroatoms. The van der Waals surface area contributed by atoms with Crippen LogP contribution < -0.4 is 9.62 Å². The molecule has 0 aliphatic rings. The molecule has 0 heterocycles. The van der Waals surface area contributed by atoms with Crippen molar-refractivity contribution in [1.82, 2.24) is 10.2 Å². The van der Waals surface area contributed by atoms with E-state index in [-0.39, 0.29) is 24.6 Å². The Balaban J connectivity index is 2.46. The summed E-state index contributed by atoms with van der Waals surface area (Å²) in [5, 5.41) is 2.75. The molecule has 37 heavy (non-hydrogen) atoms. The average Bonchev–Trinajstić information content (AvgIpc) is 2.81. The molecule has 0 aliphatic carbocycles. The maximum Gasteiger partial charge on any atom is 0.416 e. The molecular weight excluding hydrogens is 514 g/mol. The fraction of sp³-hybridized carbons (Fsp3) is 0.440. The third-order valence-electron chi connectivity index (χ3n) is 5.48. The van der Waals surface area contributed by atoms with Crippen LogP contribution in [0, 0.1) is 11.7 Å². The number of halogens is 4. The zero-order valence-electron chi connectivity index (χ0n) is 21.0. The van der Waals surface area contributed by atoms with E-state index < -0.39 is 52.0 Å². The third kappa shape index (κ3) is 8.73. The van der Waals surface area contributed by atoms with Crippen molar-refractivity contribution in [1.29, 1.82) is 0 Å². The summed E-state index contributed by atoms with van der Waals surface area (Å²) in [4.78, 5) is 27.6. The Hall–Kier alpha value is -3.15. The minimum atomic E-state index is -4.72. The molecule has 0 aliphatic heterocycles. The van der Waals surface area contributed by atoms with E-state index in [0.717, 1.165) is 29.4 Å². The molecule has 0 saturated heterocycles. The lowest BCUT2D eigenvalue weighted by Crippen LogP contribution is -2.52. The summed E-state index contributed by atoms with van der Waals surface area (Å²) in [7, 11) is -4.19. The number of hydrogen-bond acceptors (Lipinski definition) is 4. The van der Waals surface area contributed by atoms with Gasteiger partial charge < -0.3 is 10.2 Å². The van der Waals surface area contributed by atoms with Crippen LogP contribution in [0.2, 0.25) is 0 Å². The van der Waals surface area contributed by atoms with Gasteiger partial charge in [0, 0.05) is 13.1 Å². The maximum absolute atomic E-state index is 13.5. The second-order valence-electron chi connectivity index (χ2n) is 9.03. The number of nitrogens with zero attached hydrogens (tertiary/aromatic N) is 2. The smallest absolute Gasteiger partial charge is 0.354 e. The monoisotopic (exact) mass is 545 g/mol. The Labute approximate surface area is 214 Å². The van der Waals surface area contributed by atoms with Crippen LogP contribution in [-0.2, 0) is 32.3 Å². The number of sulfonamides is 1. The van der Waals surface area contributed by atoms with Gasteiger partial charge in [0.25, 0.3) is 0 Å². The molecule has 0 saturated carbocycles. The van der Waals surface area contributed by atoms with Gasteiger partial charge in [-0.05, 0) is 48.2 Å². The molecule has 7 nitrogen and oxygen atoms in total. The van der Waals surface area contributed by atoms with E-state index in [1.54, 1.807) is 6.92 Å². The minimum Gasteiger partial charge on any atom is -0.354 e. The molecule has 0 aromatic heterocycles. The second kappa shape index (κ2) is 12.4. The van der Waals surface area contributed by atoms with Crippen molar-refractivity contribution in [3.63, 3.8) is 0 Å². The summed E-state index contributed by atoms with van der Waals surface area (Å²) in [6.45, 7) is 4.81. The highest BCUT2D eigenvalue weighted by Crippen LogP contribution is 2.32. The minimum absolute atomic E-state index is 0.129. The number of alkyl halides is 3. The van der Waals surface area contributed by atoms with E-state index in [1.165, 1.54) is 24.3 Å². The Morgan fingerprint density at radius 2 is 1.68 bits per heavy atom. The van der Waals surface area contributed by atoms with Crippen LogP contribution in [0.15, 0.2) is 48.5 Å². The van der Waals surface area contributed by atoms with Gasteiger partial charge in [-0.3, -0.25) is 13.9 Å². The van der Waals surface area contributed by atoms with Crippen LogP contribution in [0.3, 0.4) is 0 Å². The quantitative estimate of drug-likeness (QED) is 0.429. The molecule has 0 spiro atoms. The summed E-state index contributed by atoms with van der Waals surface area (Å²) in [5.41, 5.74) is -0.937. The Bertz CT molecular complexity index is 1190. The molecule has 2 aromatic rings. The molecular formula is C25H31F4N3O4S. The van der Waals surface area contributed by atoms with Crippen LogP contribution in [0.4, 0.5) is 23.2 Å². The average molecular weight is 546 g/mol. The van der Waals surface area contributed by atoms with E-state index in [9.17, 15) is 35.6 Å². The zero-order chi connectivity index (χ0) is 28.0. The van der Waals surface area contributed by atoms with Crippen molar-refractivity contribution in [3.05, 3.63) is 65.5 Å². The van der Waals surface area contributed by atoms with Crippen LogP contribution in [0.1, 0.15) is 38.3 Å². The topological polar surface area (TPSA) is 86.8 Å². The third-order valence-corrected chi connectivity index (χ3v) is 6.62. The molecule has 2 aromatic carbocycles. The largest absolute Gasteiger partial charge is 0.416 e. The Kier molecular flexibility index (Phi) is 10.1. The second-order valence-corrected chi connectivity index (χ2v) is 10.9. The van der Waals surface area contributed by atoms with Crippen LogP contribution in [0.25, 0.3) is 0 Å². The van der Waals surface area contributed by atoms with Crippen molar-refractivity contribution in [3.8, 4) is 0 Å². The molecule has 2 rings (SSSR count). The zero-order valence-corrected chi connectivity index (χ0v) is 21.9. The lowest BCUT2D eigenvalue weighted by molar-refractivity contribution is -0.140. The first-order valence-corrected chi connectivity index (χ1v) is 13.4. The molecule has 2 amide bonds. The fourth-order valence-electron chi connectivity index (χ4n) is 3.58. The van der Waals surface area contributed by atoms with Crippen molar-refractivity contribution in [2.24, 2.45) is 5.92 Å². The van der Waals surface area contributed by atoms with Gasteiger partial charge in [-0.15, -0.1) is 0 Å². The number of nitrogens with one attached hydrogen (secondary N) is 1. The van der Waals surface area contributed by atoms with Gasteiger partial charge in [-0.2, -0.15) is 13.2 Å². The molecule has 0 unspecified atom stereocenters. The summed E-state index contributed by atoms with van der Waals surface area (Å²) in [6.07, 6.45) is -3.77. The number of benzene rings is 2. The fourth-order valence-corrected chi connectivity index (χ4v) is 4.42. The summed E-state index contributed by atoms with van der Waals surface area (Å²) < 4.78 is 78.8. The van der Waals surface area contributed by atoms with E-state index in [0.29, 0.717) is 22.5 Å². The normalized spacial score (nSPS) is 12.8. The first kappa shape index (κ1) is 30.1. The standard InChI is InChI=1S/C25H31F4N3O4S/c1-5-22(24(34)30-14-17(2)3)31(15-18-9-11-20(26)12-10-18)23(33)16-32(37(4,35)36)21-8-6-7-19(13-21)25(27,28)29/h6-13,17,22H,5,14-16H2,1-4H3,(H,30,34)/t22-/m1/s1. The van der Waals surface area contributed by atoms with Crippen LogP contribution >= 0.6 is 0 Å². The van der Waals surface area contributed by atoms with E-state index >= 15 is 0 Å². The molecule has 204 valence electrons. The summed E-state index contributed by atoms with van der Waals surface area (Å²) in [6, 6.07) is 7.85. The first-order valence-electron chi connectivity index (χ1n) is 11.6. The number of hydrogen-bond donors (Lipinski definition) is 1. The van der Waals surface area contributed by atoms with Gasteiger partial charge in [0.2, 0.25) is 21.8 Å². The molecule has 0 radical (unpaired) electrons. The number of amides is 2. The van der Waals surface area contributed by atoms with E-state index in [4.69, 9.17) is 0 Å². The number of rotatable bonds is 11. The van der Waals surface area contributed by atoms with E-state index in [2.05, 4.69) is 5.32 Å². The maximum atomic E-state index is 13.5. The van der Waals surface area contributed by atoms with Gasteiger partial charge in [0.05, 0.1) is 17.5 Å². The van der Waals surface area contributed by atoms with Crippen molar-refractivity contribution < 1.29 is 35.6 Å². The summed E-state index contributed by atoms with van der Waals surface area (Å²) in [5.74, 6) is -1.64. The van der Waals surface area contributed by atoms with E-state index in [1.807, 2.05) is 13.8 Å².